The molecular formula is C14H26N2O3S. The Morgan fingerprint density at radius 2 is 1.95 bits per heavy atom. The number of rotatable bonds is 5. The van der Waals surface area contributed by atoms with Crippen LogP contribution in [0.3, 0.4) is 0 Å². The van der Waals surface area contributed by atoms with E-state index in [9.17, 15) is 14.7 Å². The summed E-state index contributed by atoms with van der Waals surface area (Å²) in [5.41, 5.74) is -0.639. The highest BCUT2D eigenvalue weighted by molar-refractivity contribution is 7.98. The van der Waals surface area contributed by atoms with E-state index in [2.05, 4.69) is 0 Å². The number of aliphatic carboxylic acids is 1. The van der Waals surface area contributed by atoms with Crippen LogP contribution in [-0.4, -0.2) is 65.1 Å². The summed E-state index contributed by atoms with van der Waals surface area (Å²) >= 11 is 1.72. The number of thioether (sulfide) groups is 1. The first-order valence-electron chi connectivity index (χ1n) is 7.12. The van der Waals surface area contributed by atoms with Crippen LogP contribution < -0.4 is 0 Å². The molecule has 6 heteroatoms. The normalized spacial score (nSPS) is 19.5. The smallest absolute Gasteiger partial charge is 0.320 e. The van der Waals surface area contributed by atoms with Crippen LogP contribution in [-0.2, 0) is 4.79 Å². The van der Waals surface area contributed by atoms with Gasteiger partial charge in [0.1, 0.15) is 0 Å². The Balaban J connectivity index is 2.61. The Bertz CT molecular complexity index is 354. The lowest BCUT2D eigenvalue weighted by molar-refractivity contribution is -0.152. The first-order valence-corrected chi connectivity index (χ1v) is 8.51. The second-order valence-corrected chi connectivity index (χ2v) is 6.53. The summed E-state index contributed by atoms with van der Waals surface area (Å²) in [5, 5.41) is 9.36. The highest BCUT2D eigenvalue weighted by atomic mass is 32.2. The van der Waals surface area contributed by atoms with Crippen LogP contribution in [0.2, 0.25) is 0 Å². The maximum atomic E-state index is 12.4. The Morgan fingerprint density at radius 1 is 1.40 bits per heavy atom. The molecule has 0 aromatic heterocycles. The zero-order valence-electron chi connectivity index (χ0n) is 12.9. The third kappa shape index (κ3) is 3.59. The average Bonchev–Trinajstić information content (AvgIpc) is 2.45. The first kappa shape index (κ1) is 17.1. The minimum Gasteiger partial charge on any atom is -0.481 e. The molecule has 1 rings (SSSR count). The molecule has 0 aromatic carbocycles. The van der Waals surface area contributed by atoms with Crippen LogP contribution in [0.5, 0.6) is 0 Å². The Labute approximate surface area is 125 Å². The molecule has 0 spiro atoms. The summed E-state index contributed by atoms with van der Waals surface area (Å²) in [7, 11) is 1.82. The highest BCUT2D eigenvalue weighted by Gasteiger charge is 2.41. The summed E-state index contributed by atoms with van der Waals surface area (Å²) in [6, 6.07) is 0.205. The van der Waals surface area contributed by atoms with Crippen LogP contribution >= 0.6 is 11.8 Å². The quantitative estimate of drug-likeness (QED) is 0.847. The van der Waals surface area contributed by atoms with Crippen molar-refractivity contribution in [1.29, 1.82) is 0 Å². The molecule has 0 aromatic rings. The van der Waals surface area contributed by atoms with E-state index in [4.69, 9.17) is 0 Å². The van der Waals surface area contributed by atoms with Crippen molar-refractivity contribution in [3.05, 3.63) is 0 Å². The van der Waals surface area contributed by atoms with Crippen LogP contribution in [0.4, 0.5) is 4.79 Å². The summed E-state index contributed by atoms with van der Waals surface area (Å²) in [5.74, 6) is 0.181. The fraction of sp³-hybridized carbons (Fsp3) is 0.857. The number of hydrogen-bond donors (Lipinski definition) is 1. The lowest BCUT2D eigenvalue weighted by atomic mass is 9.76. The maximum absolute atomic E-state index is 12.4. The number of nitrogens with zero attached hydrogens (tertiary/aromatic N) is 2. The molecular weight excluding hydrogens is 276 g/mol. The van der Waals surface area contributed by atoms with Crippen molar-refractivity contribution in [2.75, 3.05) is 32.1 Å². The molecule has 116 valence electrons. The fourth-order valence-corrected chi connectivity index (χ4v) is 3.32. The SMILES string of the molecule is CCC1(C(=O)O)CCN(C(=O)N(C)C(C)CSC)CC1. The topological polar surface area (TPSA) is 60.9 Å². The second kappa shape index (κ2) is 7.20. The molecule has 0 saturated carbocycles. The molecule has 1 heterocycles. The lowest BCUT2D eigenvalue weighted by Crippen LogP contribution is -2.51. The van der Waals surface area contributed by atoms with Gasteiger partial charge in [0, 0.05) is 31.9 Å². The molecule has 1 unspecified atom stereocenters. The largest absolute Gasteiger partial charge is 0.481 e. The number of carboxylic acids is 1. The number of amides is 2. The second-order valence-electron chi connectivity index (χ2n) is 5.62. The maximum Gasteiger partial charge on any atom is 0.320 e. The fourth-order valence-electron chi connectivity index (χ4n) is 2.61. The van der Waals surface area contributed by atoms with E-state index in [-0.39, 0.29) is 12.1 Å². The third-order valence-electron chi connectivity index (χ3n) is 4.49. The first-order chi connectivity index (χ1) is 9.38. The molecule has 0 aliphatic carbocycles. The van der Waals surface area contributed by atoms with Crippen molar-refractivity contribution in [3.8, 4) is 0 Å². The molecule has 5 nitrogen and oxygen atoms in total. The van der Waals surface area contributed by atoms with E-state index in [0.717, 1.165) is 5.75 Å². The molecule has 1 aliphatic heterocycles. The molecule has 1 aliphatic rings. The molecule has 1 N–H and O–H groups in total. The lowest BCUT2D eigenvalue weighted by Gasteiger charge is -2.40. The Morgan fingerprint density at radius 3 is 2.35 bits per heavy atom. The van der Waals surface area contributed by atoms with Gasteiger partial charge in [-0.05, 0) is 32.4 Å². The van der Waals surface area contributed by atoms with Crippen molar-refractivity contribution in [2.45, 2.75) is 39.2 Å². The third-order valence-corrected chi connectivity index (χ3v) is 5.31. The van der Waals surface area contributed by atoms with Gasteiger partial charge in [0.05, 0.1) is 5.41 Å². The standard InChI is InChI=1S/C14H26N2O3S/c1-5-14(12(17)18)6-8-16(9-7-14)13(19)15(3)11(2)10-20-4/h11H,5-10H2,1-4H3,(H,17,18). The minimum absolute atomic E-state index is 0.0154. The van der Waals surface area contributed by atoms with E-state index in [1.54, 1.807) is 21.6 Å². The monoisotopic (exact) mass is 302 g/mol. The Hall–Kier alpha value is -0.910. The number of hydrogen-bond acceptors (Lipinski definition) is 3. The summed E-state index contributed by atoms with van der Waals surface area (Å²) in [6.07, 6.45) is 3.76. The molecule has 1 fully saturated rings. The number of likely N-dealkylation sites (tertiary alicyclic amines) is 1. The van der Waals surface area contributed by atoms with Gasteiger partial charge < -0.3 is 14.9 Å². The highest BCUT2D eigenvalue weighted by Crippen LogP contribution is 2.35. The van der Waals surface area contributed by atoms with Crippen LogP contribution in [0.15, 0.2) is 0 Å². The molecule has 1 saturated heterocycles. The number of carbonyl (C=O) groups is 2. The number of urea groups is 1. The van der Waals surface area contributed by atoms with Crippen molar-refractivity contribution in [1.82, 2.24) is 9.80 Å². The molecule has 2 amide bonds. The van der Waals surface area contributed by atoms with Crippen molar-refractivity contribution in [3.63, 3.8) is 0 Å². The molecule has 0 bridgehead atoms. The van der Waals surface area contributed by atoms with Crippen molar-refractivity contribution in [2.24, 2.45) is 5.41 Å². The van der Waals surface area contributed by atoms with Crippen LogP contribution in [0.25, 0.3) is 0 Å². The van der Waals surface area contributed by atoms with E-state index < -0.39 is 11.4 Å². The zero-order chi connectivity index (χ0) is 15.3. The van der Waals surface area contributed by atoms with E-state index >= 15 is 0 Å². The van der Waals surface area contributed by atoms with Gasteiger partial charge in [0.15, 0.2) is 0 Å². The molecule has 0 radical (unpaired) electrons. The average molecular weight is 302 g/mol. The van der Waals surface area contributed by atoms with Gasteiger partial charge >= 0.3 is 12.0 Å². The minimum atomic E-state index is -0.726. The number of carboxylic acid groups (broad SMARTS) is 1. The predicted octanol–water partition coefficient (Wildman–Crippen LogP) is 2.37. The van der Waals surface area contributed by atoms with Crippen LogP contribution in [0.1, 0.15) is 33.1 Å². The molecule has 1 atom stereocenters. The van der Waals surface area contributed by atoms with Crippen molar-refractivity contribution < 1.29 is 14.7 Å². The van der Waals surface area contributed by atoms with Gasteiger partial charge in [-0.2, -0.15) is 11.8 Å². The van der Waals surface area contributed by atoms with Crippen LogP contribution in [0, 0.1) is 5.41 Å². The van der Waals surface area contributed by atoms with Gasteiger partial charge in [-0.15, -0.1) is 0 Å². The number of piperidine rings is 1. The van der Waals surface area contributed by atoms with E-state index in [1.807, 2.05) is 27.2 Å². The van der Waals surface area contributed by atoms with E-state index in [1.165, 1.54) is 0 Å². The summed E-state index contributed by atoms with van der Waals surface area (Å²) < 4.78 is 0. The summed E-state index contributed by atoms with van der Waals surface area (Å²) in [6.45, 7) is 5.02. The van der Waals surface area contributed by atoms with E-state index in [0.29, 0.717) is 32.4 Å². The molecule has 20 heavy (non-hydrogen) atoms. The number of carbonyl (C=O) groups excluding carboxylic acids is 1. The van der Waals surface area contributed by atoms with Gasteiger partial charge in [0.2, 0.25) is 0 Å². The van der Waals surface area contributed by atoms with Gasteiger partial charge in [0.25, 0.3) is 0 Å². The predicted molar refractivity (Wildman–Crippen MR) is 82.2 cm³/mol. The van der Waals surface area contributed by atoms with Gasteiger partial charge in [-0.25, -0.2) is 4.79 Å². The Kier molecular flexibility index (Phi) is 6.17. The van der Waals surface area contributed by atoms with Gasteiger partial charge in [-0.3, -0.25) is 4.79 Å². The summed E-state index contributed by atoms with van der Waals surface area (Å²) in [4.78, 5) is 27.3. The van der Waals surface area contributed by atoms with Crippen molar-refractivity contribution >= 4 is 23.8 Å². The van der Waals surface area contributed by atoms with Gasteiger partial charge in [-0.1, -0.05) is 6.92 Å². The zero-order valence-corrected chi connectivity index (χ0v) is 13.7.